The highest BCUT2D eigenvalue weighted by Crippen LogP contribution is 2.28. The maximum absolute atomic E-state index is 12.1. The molecule has 0 saturated carbocycles. The lowest BCUT2D eigenvalue weighted by molar-refractivity contribution is 0.0790. The van der Waals surface area contributed by atoms with E-state index in [-0.39, 0.29) is 11.6 Å². The van der Waals surface area contributed by atoms with Crippen LogP contribution < -0.4 is 5.73 Å². The van der Waals surface area contributed by atoms with Crippen LogP contribution in [0.3, 0.4) is 0 Å². The average molecular weight is 262 g/mol. The van der Waals surface area contributed by atoms with Gasteiger partial charge in [-0.3, -0.25) is 14.2 Å². The van der Waals surface area contributed by atoms with Crippen molar-refractivity contribution in [2.75, 3.05) is 7.05 Å². The molecular formula is C11H10N4O2S. The molecule has 2 N–H and O–H groups in total. The molecule has 0 aromatic carbocycles. The molecule has 0 atom stereocenters. The first-order chi connectivity index (χ1) is 8.59. The molecule has 3 rings (SSSR count). The molecule has 0 aliphatic carbocycles. The van der Waals surface area contributed by atoms with Crippen molar-refractivity contribution in [1.82, 2.24) is 14.5 Å². The Morgan fingerprint density at radius 3 is 3.06 bits per heavy atom. The van der Waals surface area contributed by atoms with Crippen LogP contribution in [0.5, 0.6) is 0 Å². The fraction of sp³-hybridized carbons (Fsp3) is 0.182. The van der Waals surface area contributed by atoms with E-state index < -0.39 is 5.91 Å². The van der Waals surface area contributed by atoms with Crippen LogP contribution in [0.1, 0.15) is 25.9 Å². The highest BCUT2D eigenvalue weighted by atomic mass is 32.1. The minimum atomic E-state index is -0.580. The highest BCUT2D eigenvalue weighted by molar-refractivity contribution is 7.12. The molecule has 0 spiro atoms. The number of carbonyl (C=O) groups is 2. The van der Waals surface area contributed by atoms with E-state index in [1.165, 1.54) is 17.7 Å². The topological polar surface area (TPSA) is 81.2 Å². The molecule has 0 bridgehead atoms. The molecule has 1 aliphatic rings. The van der Waals surface area contributed by atoms with Crippen molar-refractivity contribution in [3.8, 4) is 5.69 Å². The van der Waals surface area contributed by atoms with E-state index in [0.29, 0.717) is 17.1 Å². The number of hydrogen-bond donors (Lipinski definition) is 1. The summed E-state index contributed by atoms with van der Waals surface area (Å²) in [7, 11) is 1.69. The van der Waals surface area contributed by atoms with Crippen LogP contribution in [-0.4, -0.2) is 33.3 Å². The summed E-state index contributed by atoms with van der Waals surface area (Å²) in [6, 6.07) is 1.84. The normalized spacial score (nSPS) is 14.1. The first kappa shape index (κ1) is 11.0. The van der Waals surface area contributed by atoms with Gasteiger partial charge in [0.05, 0.1) is 17.9 Å². The Bertz CT molecular complexity index is 658. The van der Waals surface area contributed by atoms with E-state index in [9.17, 15) is 9.59 Å². The molecule has 2 aromatic heterocycles. The number of imidazole rings is 1. The number of hydrogen-bond acceptors (Lipinski definition) is 4. The van der Waals surface area contributed by atoms with Gasteiger partial charge in [0.25, 0.3) is 11.8 Å². The largest absolute Gasteiger partial charge is 0.364 e. The molecule has 18 heavy (non-hydrogen) atoms. The summed E-state index contributed by atoms with van der Waals surface area (Å²) >= 11 is 1.38. The van der Waals surface area contributed by atoms with E-state index in [2.05, 4.69) is 4.98 Å². The van der Waals surface area contributed by atoms with Crippen molar-refractivity contribution in [3.63, 3.8) is 0 Å². The summed E-state index contributed by atoms with van der Waals surface area (Å²) in [6.45, 7) is 0.318. The zero-order valence-corrected chi connectivity index (χ0v) is 10.4. The van der Waals surface area contributed by atoms with Crippen LogP contribution in [0.25, 0.3) is 5.69 Å². The minimum absolute atomic E-state index is 0.0564. The van der Waals surface area contributed by atoms with E-state index in [0.717, 1.165) is 5.69 Å². The van der Waals surface area contributed by atoms with Gasteiger partial charge in [-0.1, -0.05) is 0 Å². The van der Waals surface area contributed by atoms with Crippen molar-refractivity contribution < 1.29 is 9.59 Å². The van der Waals surface area contributed by atoms with Crippen LogP contribution in [0, 0.1) is 0 Å². The predicted octanol–water partition coefficient (Wildman–Crippen LogP) is 0.618. The van der Waals surface area contributed by atoms with Crippen molar-refractivity contribution in [2.24, 2.45) is 5.73 Å². The molecule has 6 nitrogen and oxygen atoms in total. The van der Waals surface area contributed by atoms with Gasteiger partial charge < -0.3 is 10.6 Å². The summed E-state index contributed by atoms with van der Waals surface area (Å²) in [6.07, 6.45) is 1.54. The first-order valence-electron chi connectivity index (χ1n) is 5.29. The van der Waals surface area contributed by atoms with Gasteiger partial charge in [0.1, 0.15) is 11.2 Å². The van der Waals surface area contributed by atoms with Crippen LogP contribution in [0.4, 0.5) is 0 Å². The average Bonchev–Trinajstić information content (AvgIpc) is 2.91. The summed E-state index contributed by atoms with van der Waals surface area (Å²) in [5.74, 6) is -0.637. The van der Waals surface area contributed by atoms with E-state index in [1.807, 2.05) is 11.4 Å². The van der Waals surface area contributed by atoms with Crippen molar-refractivity contribution >= 4 is 23.2 Å². The molecule has 7 heteroatoms. The number of thiophene rings is 1. The Morgan fingerprint density at radius 1 is 1.56 bits per heavy atom. The van der Waals surface area contributed by atoms with Gasteiger partial charge in [0.15, 0.2) is 5.69 Å². The molecule has 92 valence electrons. The van der Waals surface area contributed by atoms with Crippen molar-refractivity contribution in [3.05, 3.63) is 34.0 Å². The monoisotopic (exact) mass is 262 g/mol. The van der Waals surface area contributed by atoms with Gasteiger partial charge in [-0.2, -0.15) is 0 Å². The lowest BCUT2D eigenvalue weighted by Gasteiger charge is -2.13. The van der Waals surface area contributed by atoms with E-state index >= 15 is 0 Å². The lowest BCUT2D eigenvalue weighted by atomic mass is 10.3. The zero-order valence-electron chi connectivity index (χ0n) is 9.58. The Morgan fingerprint density at radius 2 is 2.33 bits per heavy atom. The summed E-state index contributed by atoms with van der Waals surface area (Å²) in [5.41, 5.74) is 6.91. The van der Waals surface area contributed by atoms with Crippen molar-refractivity contribution in [2.45, 2.75) is 6.54 Å². The van der Waals surface area contributed by atoms with Gasteiger partial charge in [0.2, 0.25) is 0 Å². The zero-order chi connectivity index (χ0) is 12.9. The first-order valence-corrected chi connectivity index (χ1v) is 6.17. The van der Waals surface area contributed by atoms with Gasteiger partial charge in [-0.05, 0) is 11.4 Å². The minimum Gasteiger partial charge on any atom is -0.364 e. The molecule has 0 fully saturated rings. The SMILES string of the molecule is CN1Cc2c(C(N)=O)ncn2-c2ccsc2C1=O. The van der Waals surface area contributed by atoms with Gasteiger partial charge >= 0.3 is 0 Å². The number of rotatable bonds is 1. The van der Waals surface area contributed by atoms with E-state index in [1.54, 1.807) is 16.5 Å². The smallest absolute Gasteiger partial charge is 0.269 e. The second-order valence-electron chi connectivity index (χ2n) is 4.07. The van der Waals surface area contributed by atoms with Gasteiger partial charge in [-0.25, -0.2) is 4.98 Å². The standard InChI is InChI=1S/C11H10N4O2S/c1-14-4-7-8(10(12)16)13-5-15(7)6-2-3-18-9(6)11(14)17/h2-3,5H,4H2,1H3,(H2,12,16). The number of nitrogens with zero attached hydrogens (tertiary/aromatic N) is 3. The van der Waals surface area contributed by atoms with Crippen LogP contribution in [0.2, 0.25) is 0 Å². The maximum atomic E-state index is 12.1. The Kier molecular flexibility index (Phi) is 2.24. The number of nitrogens with two attached hydrogens (primary N) is 1. The Hall–Kier alpha value is -2.15. The predicted molar refractivity (Wildman–Crippen MR) is 65.8 cm³/mol. The molecule has 0 saturated heterocycles. The Labute approximate surface area is 107 Å². The molecule has 1 aliphatic heterocycles. The third-order valence-electron chi connectivity index (χ3n) is 2.93. The molecule has 0 radical (unpaired) electrons. The van der Waals surface area contributed by atoms with Crippen molar-refractivity contribution in [1.29, 1.82) is 0 Å². The third-order valence-corrected chi connectivity index (χ3v) is 3.82. The molecule has 2 amide bonds. The third kappa shape index (κ3) is 1.37. The van der Waals surface area contributed by atoms with Crippen LogP contribution in [0.15, 0.2) is 17.8 Å². The summed E-state index contributed by atoms with van der Waals surface area (Å²) in [5, 5.41) is 1.84. The number of aromatic nitrogens is 2. The van der Waals surface area contributed by atoms with Crippen LogP contribution >= 0.6 is 11.3 Å². The summed E-state index contributed by atoms with van der Waals surface area (Å²) in [4.78, 5) is 29.7. The highest BCUT2D eigenvalue weighted by Gasteiger charge is 2.28. The van der Waals surface area contributed by atoms with Gasteiger partial charge in [0, 0.05) is 7.05 Å². The van der Waals surface area contributed by atoms with Crippen LogP contribution in [-0.2, 0) is 6.54 Å². The molecule has 2 aromatic rings. The number of fused-ring (bicyclic) bond motifs is 3. The van der Waals surface area contributed by atoms with Gasteiger partial charge in [-0.15, -0.1) is 11.3 Å². The Balaban J connectivity index is 2.28. The maximum Gasteiger partial charge on any atom is 0.269 e. The molecule has 0 unspecified atom stereocenters. The number of primary amides is 1. The lowest BCUT2D eigenvalue weighted by Crippen LogP contribution is -2.26. The fourth-order valence-electron chi connectivity index (χ4n) is 2.06. The molecular weight excluding hydrogens is 252 g/mol. The fourth-order valence-corrected chi connectivity index (χ4v) is 2.94. The second kappa shape index (κ2) is 3.67. The van der Waals surface area contributed by atoms with E-state index in [4.69, 9.17) is 5.73 Å². The summed E-state index contributed by atoms with van der Waals surface area (Å²) < 4.78 is 1.76. The molecule has 3 heterocycles. The number of amides is 2. The second-order valence-corrected chi connectivity index (χ2v) is 4.99. The number of carbonyl (C=O) groups excluding carboxylic acids is 2. The quantitative estimate of drug-likeness (QED) is 0.818.